The standard InChI is InChI=1S/C19H13ClFN5O/c20-12-1-2-15(21)14(6-12)16-7-13(17-19(25-16)22-3-4-27-17)10-5-11-9-24-26-18(11)23-8-10/h1-2,5-9H,3-4H2,(H,22,25)(H,23,24,26). The number of halogens is 2. The molecule has 2 N–H and O–H groups in total. The minimum atomic E-state index is -0.391. The first-order chi connectivity index (χ1) is 13.2. The van der Waals surface area contributed by atoms with Gasteiger partial charge in [0.15, 0.2) is 17.2 Å². The average Bonchev–Trinajstić information content (AvgIpc) is 3.17. The molecule has 0 unspecified atom stereocenters. The van der Waals surface area contributed by atoms with Gasteiger partial charge in [-0.1, -0.05) is 11.6 Å². The Labute approximate surface area is 158 Å². The van der Waals surface area contributed by atoms with Crippen molar-refractivity contribution in [1.82, 2.24) is 20.2 Å². The van der Waals surface area contributed by atoms with Gasteiger partial charge in [-0.3, -0.25) is 5.10 Å². The second kappa shape index (κ2) is 6.21. The zero-order chi connectivity index (χ0) is 18.4. The number of nitrogens with zero attached hydrogens (tertiary/aromatic N) is 3. The van der Waals surface area contributed by atoms with Crippen molar-refractivity contribution in [3.05, 3.63) is 53.6 Å². The van der Waals surface area contributed by atoms with E-state index in [1.54, 1.807) is 24.5 Å². The fourth-order valence-electron chi connectivity index (χ4n) is 3.15. The largest absolute Gasteiger partial charge is 0.487 e. The number of pyridine rings is 2. The first-order valence-corrected chi connectivity index (χ1v) is 8.73. The zero-order valence-corrected chi connectivity index (χ0v) is 14.7. The van der Waals surface area contributed by atoms with Crippen LogP contribution in [-0.2, 0) is 0 Å². The molecule has 0 saturated carbocycles. The molecular weight excluding hydrogens is 369 g/mol. The summed E-state index contributed by atoms with van der Waals surface area (Å²) in [6.45, 7) is 1.15. The Bertz CT molecular complexity index is 1180. The van der Waals surface area contributed by atoms with Crippen LogP contribution in [0.2, 0.25) is 5.02 Å². The zero-order valence-electron chi connectivity index (χ0n) is 14.0. The number of nitrogens with one attached hydrogen (secondary N) is 2. The second-order valence-corrected chi connectivity index (χ2v) is 6.60. The smallest absolute Gasteiger partial charge is 0.170 e. The highest BCUT2D eigenvalue weighted by Gasteiger charge is 2.21. The number of ether oxygens (including phenoxy) is 1. The molecule has 3 aromatic heterocycles. The van der Waals surface area contributed by atoms with Crippen molar-refractivity contribution in [1.29, 1.82) is 0 Å². The Morgan fingerprint density at radius 1 is 1.11 bits per heavy atom. The monoisotopic (exact) mass is 381 g/mol. The molecule has 6 nitrogen and oxygen atoms in total. The SMILES string of the molecule is Fc1ccc(Cl)cc1-c1cc(-c2cnc3[nH]ncc3c2)c2c(n1)NCCO2. The van der Waals surface area contributed by atoms with Gasteiger partial charge in [-0.05, 0) is 30.3 Å². The number of benzene rings is 1. The fourth-order valence-corrected chi connectivity index (χ4v) is 3.32. The Kier molecular flexibility index (Phi) is 3.68. The van der Waals surface area contributed by atoms with E-state index < -0.39 is 5.82 Å². The van der Waals surface area contributed by atoms with E-state index in [-0.39, 0.29) is 0 Å². The lowest BCUT2D eigenvalue weighted by Gasteiger charge is -2.22. The third-order valence-electron chi connectivity index (χ3n) is 4.42. The van der Waals surface area contributed by atoms with Crippen molar-refractivity contribution in [2.24, 2.45) is 0 Å². The molecule has 1 aromatic carbocycles. The molecule has 0 bridgehead atoms. The van der Waals surface area contributed by atoms with E-state index >= 15 is 0 Å². The first-order valence-electron chi connectivity index (χ1n) is 8.36. The molecule has 1 aliphatic heterocycles. The number of aromatic amines is 1. The van der Waals surface area contributed by atoms with Crippen molar-refractivity contribution in [2.75, 3.05) is 18.5 Å². The second-order valence-electron chi connectivity index (χ2n) is 6.16. The van der Waals surface area contributed by atoms with Crippen LogP contribution in [-0.4, -0.2) is 33.3 Å². The van der Waals surface area contributed by atoms with Crippen LogP contribution in [0.4, 0.5) is 10.2 Å². The molecule has 0 radical (unpaired) electrons. The van der Waals surface area contributed by atoms with Crippen LogP contribution in [0.1, 0.15) is 0 Å². The maximum atomic E-state index is 14.4. The van der Waals surface area contributed by atoms with E-state index in [1.165, 1.54) is 12.1 Å². The summed E-state index contributed by atoms with van der Waals surface area (Å²) in [7, 11) is 0. The van der Waals surface area contributed by atoms with E-state index in [2.05, 4.69) is 25.5 Å². The number of H-pyrrole nitrogens is 1. The predicted molar refractivity (Wildman–Crippen MR) is 102 cm³/mol. The number of anilines is 1. The number of rotatable bonds is 2. The summed E-state index contributed by atoms with van der Waals surface area (Å²) in [5.41, 5.74) is 3.10. The molecule has 134 valence electrons. The van der Waals surface area contributed by atoms with Gasteiger partial charge in [0.25, 0.3) is 0 Å². The first kappa shape index (κ1) is 16.0. The van der Waals surface area contributed by atoms with E-state index in [0.29, 0.717) is 46.6 Å². The third kappa shape index (κ3) is 2.76. The van der Waals surface area contributed by atoms with Crippen LogP contribution in [0.15, 0.2) is 42.7 Å². The van der Waals surface area contributed by atoms with Gasteiger partial charge in [0.1, 0.15) is 12.4 Å². The fraction of sp³-hybridized carbons (Fsp3) is 0.105. The van der Waals surface area contributed by atoms with E-state index in [0.717, 1.165) is 16.5 Å². The predicted octanol–water partition coefficient (Wildman–Crippen LogP) is 4.28. The van der Waals surface area contributed by atoms with Crippen LogP contribution in [0, 0.1) is 5.82 Å². The van der Waals surface area contributed by atoms with Crippen molar-refractivity contribution >= 4 is 28.5 Å². The maximum Gasteiger partial charge on any atom is 0.170 e. The van der Waals surface area contributed by atoms with Crippen molar-refractivity contribution < 1.29 is 9.13 Å². The number of hydrogen-bond acceptors (Lipinski definition) is 5. The molecule has 0 aliphatic carbocycles. The molecule has 27 heavy (non-hydrogen) atoms. The summed E-state index contributed by atoms with van der Waals surface area (Å²) in [5.74, 6) is 0.801. The summed E-state index contributed by atoms with van der Waals surface area (Å²) < 4.78 is 20.3. The summed E-state index contributed by atoms with van der Waals surface area (Å²) in [4.78, 5) is 8.94. The topological polar surface area (TPSA) is 75.7 Å². The van der Waals surface area contributed by atoms with E-state index in [9.17, 15) is 4.39 Å². The van der Waals surface area contributed by atoms with Gasteiger partial charge in [-0.2, -0.15) is 5.10 Å². The Morgan fingerprint density at radius 2 is 2.04 bits per heavy atom. The van der Waals surface area contributed by atoms with Gasteiger partial charge in [0.2, 0.25) is 0 Å². The van der Waals surface area contributed by atoms with Crippen molar-refractivity contribution in [2.45, 2.75) is 0 Å². The van der Waals surface area contributed by atoms with Crippen LogP contribution in [0.25, 0.3) is 33.4 Å². The van der Waals surface area contributed by atoms with Gasteiger partial charge < -0.3 is 10.1 Å². The molecule has 4 aromatic rings. The lowest BCUT2D eigenvalue weighted by molar-refractivity contribution is 0.323. The third-order valence-corrected chi connectivity index (χ3v) is 4.66. The number of aromatic nitrogens is 4. The Morgan fingerprint density at radius 3 is 2.96 bits per heavy atom. The molecule has 0 saturated heterocycles. The lowest BCUT2D eigenvalue weighted by Crippen LogP contribution is -2.20. The number of fused-ring (bicyclic) bond motifs is 2. The average molecular weight is 382 g/mol. The minimum absolute atomic E-state index is 0.330. The molecule has 0 fully saturated rings. The maximum absolute atomic E-state index is 14.4. The van der Waals surface area contributed by atoms with E-state index in [1.807, 2.05) is 6.07 Å². The minimum Gasteiger partial charge on any atom is -0.487 e. The van der Waals surface area contributed by atoms with Gasteiger partial charge in [-0.25, -0.2) is 14.4 Å². The summed E-state index contributed by atoms with van der Waals surface area (Å²) in [6.07, 6.45) is 3.43. The van der Waals surface area contributed by atoms with Crippen LogP contribution in [0.5, 0.6) is 5.75 Å². The molecule has 1 aliphatic rings. The molecule has 0 amide bonds. The number of hydrogen-bond donors (Lipinski definition) is 2. The molecular formula is C19H13ClFN5O. The van der Waals surface area contributed by atoms with Gasteiger partial charge in [0, 0.05) is 33.3 Å². The summed E-state index contributed by atoms with van der Waals surface area (Å²) in [6, 6.07) is 8.16. The van der Waals surface area contributed by atoms with Gasteiger partial charge in [0.05, 0.1) is 18.4 Å². The molecule has 4 heterocycles. The summed E-state index contributed by atoms with van der Waals surface area (Å²) >= 11 is 6.06. The van der Waals surface area contributed by atoms with Crippen LogP contribution in [0.3, 0.4) is 0 Å². The molecule has 0 spiro atoms. The van der Waals surface area contributed by atoms with Crippen LogP contribution < -0.4 is 10.1 Å². The lowest BCUT2D eigenvalue weighted by atomic mass is 10.0. The van der Waals surface area contributed by atoms with Gasteiger partial charge in [-0.15, -0.1) is 0 Å². The highest BCUT2D eigenvalue weighted by Crippen LogP contribution is 2.40. The normalized spacial score (nSPS) is 13.1. The quantitative estimate of drug-likeness (QED) is 0.542. The van der Waals surface area contributed by atoms with Crippen molar-refractivity contribution in [3.63, 3.8) is 0 Å². The molecule has 5 rings (SSSR count). The van der Waals surface area contributed by atoms with Gasteiger partial charge >= 0.3 is 0 Å². The molecule has 8 heteroatoms. The molecule has 0 atom stereocenters. The van der Waals surface area contributed by atoms with Crippen LogP contribution >= 0.6 is 11.6 Å². The van der Waals surface area contributed by atoms with Crippen molar-refractivity contribution in [3.8, 4) is 28.1 Å². The summed E-state index contributed by atoms with van der Waals surface area (Å²) in [5, 5.41) is 11.4. The highest BCUT2D eigenvalue weighted by atomic mass is 35.5. The highest BCUT2D eigenvalue weighted by molar-refractivity contribution is 6.30. The Balaban J connectivity index is 1.75. The van der Waals surface area contributed by atoms with E-state index in [4.69, 9.17) is 16.3 Å². The Hall–Kier alpha value is -3.19.